The average Bonchev–Trinajstić information content (AvgIpc) is 3.01. The zero-order valence-corrected chi connectivity index (χ0v) is 14.5. The van der Waals surface area contributed by atoms with Crippen LogP contribution in [0.4, 0.5) is 0 Å². The van der Waals surface area contributed by atoms with Gasteiger partial charge in [-0.05, 0) is 38.0 Å². The van der Waals surface area contributed by atoms with E-state index in [1.54, 1.807) is 11.3 Å². The highest BCUT2D eigenvalue weighted by atomic mass is 79.9. The maximum Gasteiger partial charge on any atom is 0.315 e. The summed E-state index contributed by atoms with van der Waals surface area (Å²) in [5.41, 5.74) is 1.76. The van der Waals surface area contributed by atoms with Crippen molar-refractivity contribution in [3.8, 4) is 10.6 Å². The first-order valence-corrected chi connectivity index (χ1v) is 8.70. The normalized spacial score (nSPS) is 16.8. The standard InChI is InChI=1S/C15H13BrClNO2S/c1-2-20-15(19)9-4-6-12-13(9)18-14(21-12)10-7-8(16)3-5-11(10)17/h3,5,7,9H,2,4,6H2,1H3. The number of rotatable bonds is 3. The fraction of sp³-hybridized carbons (Fsp3) is 0.333. The first kappa shape index (κ1) is 15.0. The molecule has 3 nitrogen and oxygen atoms in total. The van der Waals surface area contributed by atoms with E-state index in [2.05, 4.69) is 20.9 Å². The van der Waals surface area contributed by atoms with Gasteiger partial charge in [-0.1, -0.05) is 27.5 Å². The molecule has 1 aromatic heterocycles. The molecule has 0 radical (unpaired) electrons. The second kappa shape index (κ2) is 6.07. The minimum Gasteiger partial charge on any atom is -0.465 e. The maximum atomic E-state index is 12.0. The second-order valence-electron chi connectivity index (χ2n) is 4.79. The van der Waals surface area contributed by atoms with Crippen LogP contribution in [0.5, 0.6) is 0 Å². The Hall–Kier alpha value is -0.910. The molecule has 0 bridgehead atoms. The Bertz CT molecular complexity index is 701. The number of thiazole rings is 1. The quantitative estimate of drug-likeness (QED) is 0.710. The SMILES string of the molecule is CCOC(=O)C1CCc2sc(-c3cc(Br)ccc3Cl)nc21. The topological polar surface area (TPSA) is 39.2 Å². The minimum absolute atomic E-state index is 0.173. The van der Waals surface area contributed by atoms with Crippen molar-refractivity contribution < 1.29 is 9.53 Å². The second-order valence-corrected chi connectivity index (χ2v) is 7.20. The summed E-state index contributed by atoms with van der Waals surface area (Å²) in [5, 5.41) is 1.53. The van der Waals surface area contributed by atoms with Gasteiger partial charge in [-0.15, -0.1) is 11.3 Å². The Labute approximate surface area is 140 Å². The number of hydrogen-bond acceptors (Lipinski definition) is 4. The van der Waals surface area contributed by atoms with Crippen molar-refractivity contribution in [1.29, 1.82) is 0 Å². The van der Waals surface area contributed by atoms with Crippen molar-refractivity contribution in [2.45, 2.75) is 25.7 Å². The molecular weight excluding hydrogens is 374 g/mol. The number of carbonyl (C=O) groups is 1. The van der Waals surface area contributed by atoms with E-state index in [4.69, 9.17) is 16.3 Å². The van der Waals surface area contributed by atoms with Gasteiger partial charge in [0.05, 0.1) is 17.3 Å². The third-order valence-electron chi connectivity index (χ3n) is 3.45. The van der Waals surface area contributed by atoms with Crippen LogP contribution in [0.1, 0.15) is 29.8 Å². The predicted octanol–water partition coefficient (Wildman–Crippen LogP) is 4.82. The third kappa shape index (κ3) is 2.87. The smallest absolute Gasteiger partial charge is 0.315 e. The summed E-state index contributed by atoms with van der Waals surface area (Å²) in [7, 11) is 0. The third-order valence-corrected chi connectivity index (χ3v) is 5.43. The highest BCUT2D eigenvalue weighted by Gasteiger charge is 2.33. The van der Waals surface area contributed by atoms with E-state index in [1.807, 2.05) is 25.1 Å². The van der Waals surface area contributed by atoms with Crippen molar-refractivity contribution in [2.24, 2.45) is 0 Å². The van der Waals surface area contributed by atoms with Crippen LogP contribution in [0.15, 0.2) is 22.7 Å². The van der Waals surface area contributed by atoms with Gasteiger partial charge in [0.1, 0.15) is 10.9 Å². The lowest BCUT2D eigenvalue weighted by molar-refractivity contribution is -0.145. The van der Waals surface area contributed by atoms with Crippen molar-refractivity contribution in [1.82, 2.24) is 4.98 Å². The monoisotopic (exact) mass is 385 g/mol. The predicted molar refractivity (Wildman–Crippen MR) is 88.0 cm³/mol. The molecule has 0 amide bonds. The highest BCUT2D eigenvalue weighted by Crippen LogP contribution is 2.42. The molecule has 1 heterocycles. The number of aryl methyl sites for hydroxylation is 1. The summed E-state index contributed by atoms with van der Waals surface area (Å²) in [6, 6.07) is 5.70. The van der Waals surface area contributed by atoms with E-state index < -0.39 is 0 Å². The molecule has 0 fully saturated rings. The van der Waals surface area contributed by atoms with Crippen LogP contribution in [0.25, 0.3) is 10.6 Å². The number of nitrogens with zero attached hydrogens (tertiary/aromatic N) is 1. The highest BCUT2D eigenvalue weighted by molar-refractivity contribution is 9.10. The van der Waals surface area contributed by atoms with Crippen LogP contribution >= 0.6 is 38.9 Å². The summed E-state index contributed by atoms with van der Waals surface area (Å²) in [5.74, 6) is -0.399. The van der Waals surface area contributed by atoms with Crippen molar-refractivity contribution in [2.75, 3.05) is 6.61 Å². The van der Waals surface area contributed by atoms with Gasteiger partial charge in [0.25, 0.3) is 0 Å². The number of aromatic nitrogens is 1. The van der Waals surface area contributed by atoms with Gasteiger partial charge in [-0.2, -0.15) is 0 Å². The number of fused-ring (bicyclic) bond motifs is 1. The Morgan fingerprint density at radius 3 is 3.14 bits per heavy atom. The molecular formula is C15H13BrClNO2S. The molecule has 0 spiro atoms. The lowest BCUT2D eigenvalue weighted by Gasteiger charge is -2.08. The van der Waals surface area contributed by atoms with Gasteiger partial charge >= 0.3 is 5.97 Å². The molecule has 0 aliphatic heterocycles. The molecule has 1 aromatic carbocycles. The van der Waals surface area contributed by atoms with Crippen molar-refractivity contribution in [3.05, 3.63) is 38.3 Å². The molecule has 110 valence electrons. The van der Waals surface area contributed by atoms with Crippen LogP contribution < -0.4 is 0 Å². The largest absolute Gasteiger partial charge is 0.465 e. The van der Waals surface area contributed by atoms with Crippen LogP contribution in [0.3, 0.4) is 0 Å². The van der Waals surface area contributed by atoms with E-state index in [-0.39, 0.29) is 11.9 Å². The van der Waals surface area contributed by atoms with Crippen LogP contribution in [0.2, 0.25) is 5.02 Å². The minimum atomic E-state index is -0.226. The van der Waals surface area contributed by atoms with Crippen LogP contribution in [-0.2, 0) is 16.0 Å². The molecule has 0 N–H and O–H groups in total. The zero-order valence-electron chi connectivity index (χ0n) is 11.4. The Balaban J connectivity index is 1.97. The maximum absolute atomic E-state index is 12.0. The first-order valence-electron chi connectivity index (χ1n) is 6.71. The molecule has 2 aromatic rings. The van der Waals surface area contributed by atoms with Gasteiger partial charge in [0.2, 0.25) is 0 Å². The molecule has 0 saturated carbocycles. The number of benzene rings is 1. The average molecular weight is 387 g/mol. The van der Waals surface area contributed by atoms with Gasteiger partial charge in [0, 0.05) is 14.9 Å². The summed E-state index contributed by atoms with van der Waals surface area (Å²) in [4.78, 5) is 17.8. The van der Waals surface area contributed by atoms with E-state index in [1.165, 1.54) is 4.88 Å². The Morgan fingerprint density at radius 1 is 1.57 bits per heavy atom. The summed E-state index contributed by atoms with van der Waals surface area (Å²) in [6.45, 7) is 2.22. The summed E-state index contributed by atoms with van der Waals surface area (Å²) in [6.07, 6.45) is 1.67. The van der Waals surface area contributed by atoms with E-state index in [0.29, 0.717) is 11.6 Å². The van der Waals surface area contributed by atoms with E-state index in [9.17, 15) is 4.79 Å². The molecule has 1 atom stereocenters. The summed E-state index contributed by atoms with van der Waals surface area (Å²) >= 11 is 11.3. The molecule has 6 heteroatoms. The van der Waals surface area contributed by atoms with Gasteiger partial charge < -0.3 is 4.74 Å². The van der Waals surface area contributed by atoms with Gasteiger partial charge in [-0.25, -0.2) is 4.98 Å². The lowest BCUT2D eigenvalue weighted by Crippen LogP contribution is -2.14. The number of carbonyl (C=O) groups excluding carboxylic acids is 1. The fourth-order valence-corrected chi connectivity index (χ4v) is 4.27. The number of halogens is 2. The molecule has 0 saturated heterocycles. The van der Waals surface area contributed by atoms with E-state index >= 15 is 0 Å². The van der Waals surface area contributed by atoms with Crippen LogP contribution in [-0.4, -0.2) is 17.6 Å². The number of ether oxygens (including phenoxy) is 1. The van der Waals surface area contributed by atoms with Gasteiger partial charge in [-0.3, -0.25) is 4.79 Å². The Kier molecular flexibility index (Phi) is 4.33. The number of hydrogen-bond donors (Lipinski definition) is 0. The number of esters is 1. The van der Waals surface area contributed by atoms with Crippen molar-refractivity contribution >= 4 is 44.8 Å². The molecule has 3 rings (SSSR count). The lowest BCUT2D eigenvalue weighted by atomic mass is 10.1. The molecule has 1 unspecified atom stereocenters. The zero-order chi connectivity index (χ0) is 15.0. The fourth-order valence-electron chi connectivity index (χ4n) is 2.48. The molecule has 21 heavy (non-hydrogen) atoms. The molecule has 1 aliphatic carbocycles. The Morgan fingerprint density at radius 2 is 2.38 bits per heavy atom. The van der Waals surface area contributed by atoms with Gasteiger partial charge in [0.15, 0.2) is 0 Å². The first-order chi connectivity index (χ1) is 10.1. The van der Waals surface area contributed by atoms with Crippen LogP contribution in [0, 0.1) is 0 Å². The van der Waals surface area contributed by atoms with E-state index in [0.717, 1.165) is 33.6 Å². The molecule has 1 aliphatic rings. The van der Waals surface area contributed by atoms with Crippen molar-refractivity contribution in [3.63, 3.8) is 0 Å². The summed E-state index contributed by atoms with van der Waals surface area (Å²) < 4.78 is 6.09.